The third-order valence-electron chi connectivity index (χ3n) is 2.78. The molecular formula is C14H13Cl2NO2S. The van der Waals surface area contributed by atoms with Crippen molar-refractivity contribution in [3.05, 3.63) is 63.6 Å². The van der Waals surface area contributed by atoms with Crippen molar-refractivity contribution in [2.24, 2.45) is 0 Å². The molecule has 2 aromatic carbocycles. The maximum atomic E-state index is 12.2. The summed E-state index contributed by atoms with van der Waals surface area (Å²) in [7, 11) is -3.37. The minimum absolute atomic E-state index is 0.127. The molecular weight excluding hydrogens is 317 g/mol. The van der Waals surface area contributed by atoms with Gasteiger partial charge in [0.15, 0.2) is 9.84 Å². The Morgan fingerprint density at radius 1 is 0.900 bits per heavy atom. The van der Waals surface area contributed by atoms with Gasteiger partial charge in [0, 0.05) is 15.7 Å². The molecule has 0 heterocycles. The highest BCUT2D eigenvalue weighted by Gasteiger charge is 2.16. The van der Waals surface area contributed by atoms with E-state index in [1.807, 2.05) is 0 Å². The van der Waals surface area contributed by atoms with E-state index in [1.54, 1.807) is 42.5 Å². The summed E-state index contributed by atoms with van der Waals surface area (Å²) in [4.78, 5) is 0. The van der Waals surface area contributed by atoms with Crippen molar-refractivity contribution in [3.63, 3.8) is 0 Å². The van der Waals surface area contributed by atoms with Crippen LogP contribution in [0.2, 0.25) is 10.0 Å². The summed E-state index contributed by atoms with van der Waals surface area (Å²) >= 11 is 12.0. The number of hydrogen-bond acceptors (Lipinski definition) is 3. The third kappa shape index (κ3) is 3.88. The summed E-state index contributed by atoms with van der Waals surface area (Å²) in [6.07, 6.45) is 0. The molecule has 0 unspecified atom stereocenters. The Hall–Kier alpha value is -1.23. The molecule has 2 rings (SSSR count). The number of halogens is 2. The normalized spacial score (nSPS) is 11.5. The fourth-order valence-corrected chi connectivity index (χ4v) is 3.93. The van der Waals surface area contributed by atoms with Gasteiger partial charge in [-0.15, -0.1) is 0 Å². The molecule has 0 bridgehead atoms. The Balaban J connectivity index is 2.24. The lowest BCUT2D eigenvalue weighted by molar-refractivity contribution is 0.594. The van der Waals surface area contributed by atoms with Gasteiger partial charge < -0.3 is 5.73 Å². The number of hydrogen-bond donors (Lipinski definition) is 1. The Labute approximate surface area is 128 Å². The Morgan fingerprint density at radius 2 is 1.50 bits per heavy atom. The van der Waals surface area contributed by atoms with Gasteiger partial charge in [0.2, 0.25) is 0 Å². The van der Waals surface area contributed by atoms with Crippen molar-refractivity contribution in [3.8, 4) is 0 Å². The first-order valence-electron chi connectivity index (χ1n) is 5.85. The van der Waals surface area contributed by atoms with E-state index < -0.39 is 9.84 Å². The maximum absolute atomic E-state index is 12.2. The molecule has 0 amide bonds. The molecule has 0 aliphatic heterocycles. The zero-order chi connectivity index (χ0) is 14.8. The van der Waals surface area contributed by atoms with E-state index >= 15 is 0 Å². The van der Waals surface area contributed by atoms with Crippen LogP contribution in [0.25, 0.3) is 0 Å². The summed E-state index contributed by atoms with van der Waals surface area (Å²) in [6.45, 7) is 0. The lowest BCUT2D eigenvalue weighted by Gasteiger charge is -2.08. The lowest BCUT2D eigenvalue weighted by Crippen LogP contribution is -2.08. The van der Waals surface area contributed by atoms with E-state index in [2.05, 4.69) is 0 Å². The van der Waals surface area contributed by atoms with Crippen LogP contribution in [0.3, 0.4) is 0 Å². The fourth-order valence-electron chi connectivity index (χ4n) is 1.85. The van der Waals surface area contributed by atoms with Crippen LogP contribution in [0.15, 0.2) is 42.5 Å². The van der Waals surface area contributed by atoms with Crippen LogP contribution in [0, 0.1) is 0 Å². The Morgan fingerprint density at radius 3 is 2.20 bits per heavy atom. The highest BCUT2D eigenvalue weighted by atomic mass is 35.5. The van der Waals surface area contributed by atoms with Crippen molar-refractivity contribution in [2.75, 3.05) is 5.73 Å². The van der Waals surface area contributed by atoms with Gasteiger partial charge in [0.1, 0.15) is 0 Å². The average Bonchev–Trinajstić information content (AvgIpc) is 2.36. The van der Waals surface area contributed by atoms with Crippen molar-refractivity contribution in [2.45, 2.75) is 11.5 Å². The van der Waals surface area contributed by atoms with E-state index in [-0.39, 0.29) is 11.5 Å². The van der Waals surface area contributed by atoms with Gasteiger partial charge in [-0.05, 0) is 35.4 Å². The first-order valence-corrected chi connectivity index (χ1v) is 8.43. The van der Waals surface area contributed by atoms with Crippen LogP contribution >= 0.6 is 23.2 Å². The molecule has 2 aromatic rings. The standard InChI is InChI=1S/C14H13Cl2NO2S/c15-13-4-2-1-3-10(13)8-20(18,19)9-11-7-12(17)5-6-14(11)16/h1-7H,8-9,17H2. The number of benzene rings is 2. The molecule has 106 valence electrons. The summed E-state index contributed by atoms with van der Waals surface area (Å²) in [5.41, 5.74) is 7.21. The van der Waals surface area contributed by atoms with Gasteiger partial charge >= 0.3 is 0 Å². The zero-order valence-electron chi connectivity index (χ0n) is 10.5. The van der Waals surface area contributed by atoms with Gasteiger partial charge in [-0.3, -0.25) is 0 Å². The highest BCUT2D eigenvalue weighted by molar-refractivity contribution is 7.89. The van der Waals surface area contributed by atoms with E-state index in [0.29, 0.717) is 26.9 Å². The molecule has 0 saturated heterocycles. The largest absolute Gasteiger partial charge is 0.399 e. The second-order valence-corrected chi connectivity index (χ2v) is 7.35. The van der Waals surface area contributed by atoms with Crippen LogP contribution in [-0.4, -0.2) is 8.42 Å². The van der Waals surface area contributed by atoms with E-state index in [9.17, 15) is 8.42 Å². The lowest BCUT2D eigenvalue weighted by atomic mass is 10.2. The van der Waals surface area contributed by atoms with E-state index in [4.69, 9.17) is 28.9 Å². The molecule has 20 heavy (non-hydrogen) atoms. The van der Waals surface area contributed by atoms with Crippen LogP contribution < -0.4 is 5.73 Å². The van der Waals surface area contributed by atoms with Crippen LogP contribution in [0.5, 0.6) is 0 Å². The quantitative estimate of drug-likeness (QED) is 0.870. The molecule has 3 nitrogen and oxygen atoms in total. The van der Waals surface area contributed by atoms with Crippen molar-refractivity contribution in [1.82, 2.24) is 0 Å². The minimum Gasteiger partial charge on any atom is -0.399 e. The third-order valence-corrected chi connectivity index (χ3v) is 5.02. The molecule has 0 aromatic heterocycles. The highest BCUT2D eigenvalue weighted by Crippen LogP contribution is 2.24. The van der Waals surface area contributed by atoms with Gasteiger partial charge in [0.05, 0.1) is 11.5 Å². The second-order valence-electron chi connectivity index (χ2n) is 4.47. The van der Waals surface area contributed by atoms with Crippen LogP contribution in [0.4, 0.5) is 5.69 Å². The number of anilines is 1. The van der Waals surface area contributed by atoms with Gasteiger partial charge in [0.25, 0.3) is 0 Å². The molecule has 6 heteroatoms. The first-order chi connectivity index (χ1) is 9.37. The van der Waals surface area contributed by atoms with Gasteiger partial charge in [-0.1, -0.05) is 41.4 Å². The van der Waals surface area contributed by atoms with E-state index in [0.717, 1.165) is 0 Å². The topological polar surface area (TPSA) is 60.2 Å². The molecule has 0 aliphatic carbocycles. The molecule has 0 spiro atoms. The predicted molar refractivity (Wildman–Crippen MR) is 83.6 cm³/mol. The number of nitrogen functional groups attached to an aromatic ring is 1. The summed E-state index contributed by atoms with van der Waals surface area (Å²) in [5, 5.41) is 0.830. The number of rotatable bonds is 4. The van der Waals surface area contributed by atoms with Crippen LogP contribution in [0.1, 0.15) is 11.1 Å². The van der Waals surface area contributed by atoms with Crippen molar-refractivity contribution >= 4 is 38.7 Å². The predicted octanol–water partition coefficient (Wildman–Crippen LogP) is 3.69. The van der Waals surface area contributed by atoms with Crippen molar-refractivity contribution < 1.29 is 8.42 Å². The monoisotopic (exact) mass is 329 g/mol. The zero-order valence-corrected chi connectivity index (χ0v) is 12.8. The van der Waals surface area contributed by atoms with E-state index in [1.165, 1.54) is 0 Å². The Kier molecular flexibility index (Phi) is 4.58. The number of sulfone groups is 1. The fraction of sp³-hybridized carbons (Fsp3) is 0.143. The molecule has 0 radical (unpaired) electrons. The molecule has 0 fully saturated rings. The molecule has 0 aliphatic rings. The molecule has 0 saturated carbocycles. The SMILES string of the molecule is Nc1ccc(Cl)c(CS(=O)(=O)Cc2ccccc2Cl)c1. The minimum atomic E-state index is -3.37. The Bertz CT molecular complexity index is 730. The first kappa shape index (κ1) is 15.2. The van der Waals surface area contributed by atoms with Crippen LogP contribution in [-0.2, 0) is 21.3 Å². The maximum Gasteiger partial charge on any atom is 0.158 e. The average molecular weight is 330 g/mol. The van der Waals surface area contributed by atoms with Gasteiger partial charge in [-0.25, -0.2) is 8.42 Å². The molecule has 2 N–H and O–H groups in total. The summed E-state index contributed by atoms with van der Waals surface area (Å²) in [6, 6.07) is 11.7. The molecule has 0 atom stereocenters. The number of nitrogens with two attached hydrogens (primary N) is 1. The smallest absolute Gasteiger partial charge is 0.158 e. The van der Waals surface area contributed by atoms with Gasteiger partial charge in [-0.2, -0.15) is 0 Å². The van der Waals surface area contributed by atoms with Crippen molar-refractivity contribution in [1.29, 1.82) is 0 Å². The summed E-state index contributed by atoms with van der Waals surface area (Å²) in [5.74, 6) is -0.292. The second kappa shape index (κ2) is 6.04. The summed E-state index contributed by atoms with van der Waals surface area (Å²) < 4.78 is 24.5.